The number of fused-ring (bicyclic) bond motifs is 4. The highest BCUT2D eigenvalue weighted by atomic mass is 35.5. The molecule has 0 saturated carbocycles. The number of rotatable bonds is 4. The number of nitrogens with zero attached hydrogens (tertiary/aromatic N) is 2. The molecule has 192 valence electrons. The number of hydrogen-bond donors (Lipinski definition) is 2. The first-order valence-electron chi connectivity index (χ1n) is 13.4. The Balaban J connectivity index is 1.43. The highest BCUT2D eigenvalue weighted by Crippen LogP contribution is 2.69. The summed E-state index contributed by atoms with van der Waals surface area (Å²) in [4.78, 5) is 2.39. The van der Waals surface area contributed by atoms with Gasteiger partial charge in [0.05, 0.1) is 16.7 Å². The summed E-state index contributed by atoms with van der Waals surface area (Å²) >= 11 is 6.65. The van der Waals surface area contributed by atoms with Gasteiger partial charge in [0.25, 0.3) is 0 Å². The van der Waals surface area contributed by atoms with Gasteiger partial charge in [-0.05, 0) is 47.7 Å². The molecule has 0 amide bonds. The topological polar surface area (TPSA) is 57.9 Å². The molecule has 4 aliphatic rings. The van der Waals surface area contributed by atoms with Crippen LogP contribution >= 0.6 is 11.6 Å². The number of aromatic nitrogens is 1. The number of hydrogen-bond acceptors (Lipinski definition) is 4. The number of para-hydroxylation sites is 1. The summed E-state index contributed by atoms with van der Waals surface area (Å²) in [5.41, 5.74) is 4.87. The van der Waals surface area contributed by atoms with Crippen LogP contribution in [0.5, 0.6) is 11.5 Å². The first-order chi connectivity index (χ1) is 18.5. The predicted octanol–water partition coefficient (Wildman–Crippen LogP) is 5.52. The van der Waals surface area contributed by atoms with E-state index in [4.69, 9.17) is 16.3 Å². The fourth-order valence-electron chi connectivity index (χ4n) is 8.30. The highest BCUT2D eigenvalue weighted by Gasteiger charge is 2.73. The maximum Gasteiger partial charge on any atom is 0.166 e. The maximum absolute atomic E-state index is 13.0. The second-order valence-electron chi connectivity index (χ2n) is 11.3. The molecule has 1 spiro atoms. The van der Waals surface area contributed by atoms with Crippen LogP contribution in [-0.2, 0) is 24.8 Å². The standard InChI is InChI=1S/C32H29ClN2O3/c1-2-14-34-15-13-31-27-19-11-12-25(36)29(27)38-30(31)28-22(17-32(31,37)26(34)16-19)21-8-4-6-10-24(21)35(28)18-20-7-3-5-9-23(20)33/h2-12,26,30,36-37H,1,13-18H2/t26-,30+,31+,32-/m1/s1. The average Bonchev–Trinajstić information content (AvgIpc) is 3.41. The van der Waals surface area contributed by atoms with Gasteiger partial charge in [-0.3, -0.25) is 4.90 Å². The van der Waals surface area contributed by atoms with E-state index in [0.717, 1.165) is 64.2 Å². The van der Waals surface area contributed by atoms with E-state index in [2.05, 4.69) is 46.4 Å². The summed E-state index contributed by atoms with van der Waals surface area (Å²) in [6, 6.07) is 20.1. The van der Waals surface area contributed by atoms with E-state index in [9.17, 15) is 10.2 Å². The Bertz CT molecular complexity index is 1660. The minimum Gasteiger partial charge on any atom is -0.504 e. The van der Waals surface area contributed by atoms with E-state index >= 15 is 0 Å². The van der Waals surface area contributed by atoms with Crippen molar-refractivity contribution >= 4 is 22.5 Å². The first kappa shape index (κ1) is 22.7. The van der Waals surface area contributed by atoms with Crippen LogP contribution in [0.4, 0.5) is 0 Å². The van der Waals surface area contributed by atoms with E-state index in [0.29, 0.717) is 18.7 Å². The van der Waals surface area contributed by atoms with Crippen molar-refractivity contribution < 1.29 is 14.9 Å². The monoisotopic (exact) mass is 524 g/mol. The molecular weight excluding hydrogens is 496 g/mol. The molecule has 38 heavy (non-hydrogen) atoms. The minimum absolute atomic E-state index is 0.0674. The van der Waals surface area contributed by atoms with Gasteiger partial charge in [0, 0.05) is 53.6 Å². The number of likely N-dealkylation sites (tertiary alicyclic amines) is 1. The lowest BCUT2D eigenvalue weighted by molar-refractivity contribution is -0.171. The second kappa shape index (κ2) is 7.66. The van der Waals surface area contributed by atoms with Crippen molar-refractivity contribution in [1.82, 2.24) is 9.47 Å². The normalized spacial score (nSPS) is 28.6. The number of phenols is 1. The van der Waals surface area contributed by atoms with Crippen molar-refractivity contribution in [3.63, 3.8) is 0 Å². The quantitative estimate of drug-likeness (QED) is 0.345. The molecule has 0 unspecified atom stereocenters. The van der Waals surface area contributed by atoms with Crippen LogP contribution < -0.4 is 4.74 Å². The van der Waals surface area contributed by atoms with Crippen LogP contribution in [0, 0.1) is 0 Å². The van der Waals surface area contributed by atoms with Crippen molar-refractivity contribution in [2.75, 3.05) is 13.1 Å². The number of halogens is 1. The predicted molar refractivity (Wildman–Crippen MR) is 148 cm³/mol. The fraction of sp³-hybridized carbons (Fsp3) is 0.312. The van der Waals surface area contributed by atoms with Crippen LogP contribution in [0.15, 0.2) is 73.3 Å². The molecule has 2 aliphatic carbocycles. The largest absolute Gasteiger partial charge is 0.504 e. The van der Waals surface area contributed by atoms with Gasteiger partial charge >= 0.3 is 0 Å². The Morgan fingerprint density at radius 3 is 2.76 bits per heavy atom. The van der Waals surface area contributed by atoms with Crippen molar-refractivity contribution in [1.29, 1.82) is 0 Å². The summed E-state index contributed by atoms with van der Waals surface area (Å²) in [5, 5.41) is 25.9. The lowest BCUT2D eigenvalue weighted by Crippen LogP contribution is -2.74. The Labute approximate surface area is 226 Å². The van der Waals surface area contributed by atoms with Crippen molar-refractivity contribution in [3.8, 4) is 11.5 Å². The molecule has 4 atom stereocenters. The van der Waals surface area contributed by atoms with E-state index in [1.165, 1.54) is 5.56 Å². The number of phenolic OH excluding ortho intramolecular Hbond substituents is 1. The molecule has 2 aliphatic heterocycles. The van der Waals surface area contributed by atoms with Gasteiger partial charge in [0.2, 0.25) is 0 Å². The molecule has 4 aromatic rings. The Hall–Kier alpha value is -3.25. The van der Waals surface area contributed by atoms with Gasteiger partial charge in [-0.1, -0.05) is 60.1 Å². The SMILES string of the molecule is C=CCN1CC[C@]23c4c5ccc(O)c4O[C@H]2c2c(c4ccccc4n2Cc2ccccc2Cl)C[C@@]3(O)[C@H]1C5. The summed E-state index contributed by atoms with van der Waals surface area (Å²) < 4.78 is 9.17. The van der Waals surface area contributed by atoms with E-state index < -0.39 is 17.1 Å². The zero-order chi connectivity index (χ0) is 25.8. The average molecular weight is 525 g/mol. The molecule has 2 bridgehead atoms. The molecule has 3 heterocycles. The molecule has 1 aromatic heterocycles. The Morgan fingerprint density at radius 2 is 1.92 bits per heavy atom. The van der Waals surface area contributed by atoms with Crippen LogP contribution in [0.1, 0.15) is 40.5 Å². The number of piperidine rings is 1. The van der Waals surface area contributed by atoms with Crippen LogP contribution in [0.3, 0.4) is 0 Å². The summed E-state index contributed by atoms with van der Waals surface area (Å²) in [7, 11) is 0. The van der Waals surface area contributed by atoms with Gasteiger partial charge in [-0.2, -0.15) is 0 Å². The maximum atomic E-state index is 13.0. The molecule has 1 saturated heterocycles. The molecule has 5 nitrogen and oxygen atoms in total. The van der Waals surface area contributed by atoms with Gasteiger partial charge in [0.1, 0.15) is 0 Å². The zero-order valence-corrected chi connectivity index (χ0v) is 21.8. The molecule has 6 heteroatoms. The Kier molecular flexibility index (Phi) is 4.58. The van der Waals surface area contributed by atoms with Gasteiger partial charge in [-0.25, -0.2) is 0 Å². The van der Waals surface area contributed by atoms with Gasteiger partial charge in [0.15, 0.2) is 17.6 Å². The minimum atomic E-state index is -1.04. The first-order valence-corrected chi connectivity index (χ1v) is 13.8. The second-order valence-corrected chi connectivity index (χ2v) is 11.7. The van der Waals surface area contributed by atoms with Gasteiger partial charge < -0.3 is 19.5 Å². The fourth-order valence-corrected chi connectivity index (χ4v) is 8.50. The third kappa shape index (κ3) is 2.60. The lowest BCUT2D eigenvalue weighted by Gasteiger charge is -2.62. The van der Waals surface area contributed by atoms with E-state index in [1.807, 2.05) is 30.3 Å². The smallest absolute Gasteiger partial charge is 0.166 e. The molecule has 1 fully saturated rings. The van der Waals surface area contributed by atoms with E-state index in [1.54, 1.807) is 6.07 Å². The highest BCUT2D eigenvalue weighted by molar-refractivity contribution is 6.31. The van der Waals surface area contributed by atoms with Gasteiger partial charge in [-0.15, -0.1) is 6.58 Å². The van der Waals surface area contributed by atoms with Crippen LogP contribution in [-0.4, -0.2) is 44.4 Å². The molecule has 0 radical (unpaired) electrons. The van der Waals surface area contributed by atoms with Crippen LogP contribution in [0.25, 0.3) is 10.9 Å². The summed E-state index contributed by atoms with van der Waals surface area (Å²) in [5.74, 6) is 0.695. The zero-order valence-electron chi connectivity index (χ0n) is 21.0. The number of aromatic hydroxyl groups is 1. The van der Waals surface area contributed by atoms with Crippen molar-refractivity contribution in [3.05, 3.63) is 106 Å². The molecule has 8 rings (SSSR count). The number of aliphatic hydroxyl groups is 1. The number of benzene rings is 3. The lowest BCUT2D eigenvalue weighted by atomic mass is 9.49. The molecule has 3 aromatic carbocycles. The van der Waals surface area contributed by atoms with Crippen LogP contribution in [0.2, 0.25) is 5.02 Å². The van der Waals surface area contributed by atoms with Crippen molar-refractivity contribution in [2.45, 2.75) is 49.0 Å². The number of ether oxygens (including phenoxy) is 1. The third-order valence-electron chi connectivity index (χ3n) is 9.79. The van der Waals surface area contributed by atoms with Crippen molar-refractivity contribution in [2.24, 2.45) is 0 Å². The summed E-state index contributed by atoms with van der Waals surface area (Å²) in [6.45, 7) is 6.17. The molecular formula is C32H29ClN2O3. The molecule has 2 N–H and O–H groups in total. The van der Waals surface area contributed by atoms with E-state index in [-0.39, 0.29) is 11.8 Å². The summed E-state index contributed by atoms with van der Waals surface area (Å²) in [6.07, 6.45) is 3.52. The third-order valence-corrected chi connectivity index (χ3v) is 10.2. The Morgan fingerprint density at radius 1 is 1.11 bits per heavy atom.